The molecule has 0 unspecified atom stereocenters. The fraction of sp³-hybridized carbons (Fsp3) is 0.533. The Morgan fingerprint density at radius 1 is 1.45 bits per heavy atom. The minimum atomic E-state index is -0.171. The maximum Gasteiger partial charge on any atom is 0.227 e. The Balaban J connectivity index is 1.80. The second-order valence-corrected chi connectivity index (χ2v) is 5.61. The van der Waals surface area contributed by atoms with E-state index in [1.165, 1.54) is 0 Å². The van der Waals surface area contributed by atoms with Crippen molar-refractivity contribution >= 4 is 5.91 Å². The molecule has 1 N–H and O–H groups in total. The van der Waals surface area contributed by atoms with E-state index in [1.807, 2.05) is 25.7 Å². The first-order valence-corrected chi connectivity index (χ1v) is 7.36. The molecule has 0 bridgehead atoms. The van der Waals surface area contributed by atoms with Gasteiger partial charge in [0.1, 0.15) is 17.6 Å². The van der Waals surface area contributed by atoms with Gasteiger partial charge in [-0.15, -0.1) is 0 Å². The summed E-state index contributed by atoms with van der Waals surface area (Å²) in [5.41, 5.74) is 2.61. The zero-order valence-electron chi connectivity index (χ0n) is 13.0. The molecule has 3 heterocycles. The van der Waals surface area contributed by atoms with Crippen LogP contribution in [-0.4, -0.2) is 45.7 Å². The Morgan fingerprint density at radius 2 is 2.27 bits per heavy atom. The van der Waals surface area contributed by atoms with Gasteiger partial charge in [0.05, 0.1) is 25.3 Å². The molecular formula is C15H20N4O3. The average molecular weight is 304 g/mol. The second kappa shape index (κ2) is 5.92. The van der Waals surface area contributed by atoms with Crippen molar-refractivity contribution in [3.8, 4) is 0 Å². The summed E-state index contributed by atoms with van der Waals surface area (Å²) in [4.78, 5) is 22.1. The molecule has 22 heavy (non-hydrogen) atoms. The molecule has 0 saturated carbocycles. The van der Waals surface area contributed by atoms with Gasteiger partial charge in [0, 0.05) is 24.0 Å². The Hall–Kier alpha value is -2.15. The van der Waals surface area contributed by atoms with E-state index in [9.17, 15) is 4.79 Å². The molecule has 0 aliphatic carbocycles. The number of carbonyl (C=O) groups is 1. The largest absolute Gasteiger partial charge is 0.377 e. The Bertz CT molecular complexity index is 657. The first-order chi connectivity index (χ1) is 10.6. The number of H-pyrrole nitrogens is 1. The summed E-state index contributed by atoms with van der Waals surface area (Å²) in [7, 11) is 0. The molecule has 0 spiro atoms. The van der Waals surface area contributed by atoms with E-state index in [2.05, 4.69) is 15.1 Å². The van der Waals surface area contributed by atoms with Crippen LogP contribution >= 0.6 is 0 Å². The van der Waals surface area contributed by atoms with Crippen LogP contribution in [0.2, 0.25) is 0 Å². The van der Waals surface area contributed by atoms with Gasteiger partial charge < -0.3 is 19.1 Å². The van der Waals surface area contributed by atoms with E-state index >= 15 is 0 Å². The molecule has 0 aromatic carbocycles. The number of morpholine rings is 1. The lowest BCUT2D eigenvalue weighted by Gasteiger charge is -2.34. The van der Waals surface area contributed by atoms with Gasteiger partial charge in [-0.05, 0) is 20.8 Å². The lowest BCUT2D eigenvalue weighted by atomic mass is 10.1. The van der Waals surface area contributed by atoms with Crippen LogP contribution in [-0.2, 0) is 16.0 Å². The molecule has 7 heteroatoms. The molecule has 1 aliphatic heterocycles. The first kappa shape index (κ1) is 14.8. The number of aryl methyl sites for hydroxylation is 3. The number of aromatic nitrogens is 3. The van der Waals surface area contributed by atoms with Gasteiger partial charge in [0.25, 0.3) is 0 Å². The van der Waals surface area contributed by atoms with E-state index in [4.69, 9.17) is 9.26 Å². The third kappa shape index (κ3) is 2.76. The van der Waals surface area contributed by atoms with Gasteiger partial charge in [-0.2, -0.15) is 0 Å². The summed E-state index contributed by atoms with van der Waals surface area (Å²) >= 11 is 0. The number of hydrogen-bond acceptors (Lipinski definition) is 5. The molecular weight excluding hydrogens is 284 g/mol. The normalized spacial score (nSPS) is 18.7. The number of ether oxygens (including phenoxy) is 1. The van der Waals surface area contributed by atoms with Crippen molar-refractivity contribution in [1.29, 1.82) is 0 Å². The third-order valence-electron chi connectivity index (χ3n) is 4.00. The number of carbonyl (C=O) groups excluding carboxylic acids is 1. The highest BCUT2D eigenvalue weighted by atomic mass is 16.5. The van der Waals surface area contributed by atoms with Gasteiger partial charge >= 0.3 is 0 Å². The van der Waals surface area contributed by atoms with Crippen molar-refractivity contribution in [2.24, 2.45) is 0 Å². The number of amides is 1. The van der Waals surface area contributed by atoms with Crippen LogP contribution in [0.3, 0.4) is 0 Å². The number of nitrogens with one attached hydrogen (secondary N) is 1. The van der Waals surface area contributed by atoms with Gasteiger partial charge in [0.2, 0.25) is 5.91 Å². The fourth-order valence-electron chi connectivity index (χ4n) is 2.74. The Kier molecular flexibility index (Phi) is 3.98. The number of imidazole rings is 1. The summed E-state index contributed by atoms with van der Waals surface area (Å²) in [6.45, 7) is 7.19. The molecule has 3 rings (SSSR count). The van der Waals surface area contributed by atoms with Crippen LogP contribution in [0.15, 0.2) is 10.7 Å². The molecule has 1 fully saturated rings. The fourth-order valence-corrected chi connectivity index (χ4v) is 2.74. The minimum Gasteiger partial charge on any atom is -0.377 e. The molecule has 7 nitrogen and oxygen atoms in total. The minimum absolute atomic E-state index is 0.0387. The van der Waals surface area contributed by atoms with Crippen LogP contribution < -0.4 is 0 Å². The van der Waals surface area contributed by atoms with Gasteiger partial charge in [-0.1, -0.05) is 5.16 Å². The smallest absolute Gasteiger partial charge is 0.227 e. The summed E-state index contributed by atoms with van der Waals surface area (Å²) in [5, 5.41) is 3.91. The summed E-state index contributed by atoms with van der Waals surface area (Å²) < 4.78 is 10.7. The van der Waals surface area contributed by atoms with Crippen LogP contribution in [0.1, 0.15) is 34.6 Å². The highest BCUT2D eigenvalue weighted by Gasteiger charge is 2.31. The van der Waals surface area contributed by atoms with E-state index < -0.39 is 0 Å². The molecule has 118 valence electrons. The quantitative estimate of drug-likeness (QED) is 0.928. The molecule has 1 amide bonds. The lowest BCUT2D eigenvalue weighted by Crippen LogP contribution is -2.44. The van der Waals surface area contributed by atoms with Crippen molar-refractivity contribution < 1.29 is 14.1 Å². The maximum absolute atomic E-state index is 12.7. The van der Waals surface area contributed by atoms with Gasteiger partial charge in [-0.25, -0.2) is 4.98 Å². The average Bonchev–Trinajstić information content (AvgIpc) is 3.08. The Labute approximate surface area is 128 Å². The van der Waals surface area contributed by atoms with Crippen molar-refractivity contribution in [2.75, 3.05) is 19.8 Å². The highest BCUT2D eigenvalue weighted by molar-refractivity contribution is 5.79. The topological polar surface area (TPSA) is 84.2 Å². The van der Waals surface area contributed by atoms with Crippen molar-refractivity contribution in [3.63, 3.8) is 0 Å². The van der Waals surface area contributed by atoms with Crippen molar-refractivity contribution in [3.05, 3.63) is 34.7 Å². The number of hydrogen-bond donors (Lipinski definition) is 1. The highest BCUT2D eigenvalue weighted by Crippen LogP contribution is 2.24. The predicted octanol–water partition coefficient (Wildman–Crippen LogP) is 1.47. The predicted molar refractivity (Wildman–Crippen MR) is 78.3 cm³/mol. The maximum atomic E-state index is 12.7. The van der Waals surface area contributed by atoms with Crippen molar-refractivity contribution in [2.45, 2.75) is 33.2 Å². The second-order valence-electron chi connectivity index (χ2n) is 5.61. The summed E-state index contributed by atoms with van der Waals surface area (Å²) in [6, 6.07) is -0.171. The van der Waals surface area contributed by atoms with Crippen molar-refractivity contribution in [1.82, 2.24) is 20.0 Å². The SMILES string of the molecule is Cc1cnc([C@@H]2COCCN2C(=O)Cc2c(C)noc2C)[nH]1. The van der Waals surface area contributed by atoms with E-state index in [0.29, 0.717) is 25.5 Å². The van der Waals surface area contributed by atoms with E-state index in [-0.39, 0.29) is 18.4 Å². The Morgan fingerprint density at radius 3 is 2.91 bits per heavy atom. The van der Waals surface area contributed by atoms with Crippen LogP contribution in [0, 0.1) is 20.8 Å². The van der Waals surface area contributed by atoms with E-state index in [1.54, 1.807) is 6.20 Å². The third-order valence-corrected chi connectivity index (χ3v) is 4.00. The summed E-state index contributed by atoms with van der Waals surface area (Å²) in [6.07, 6.45) is 2.05. The number of rotatable bonds is 3. The summed E-state index contributed by atoms with van der Waals surface area (Å²) in [5.74, 6) is 1.51. The molecule has 1 saturated heterocycles. The van der Waals surface area contributed by atoms with Gasteiger partial charge in [-0.3, -0.25) is 4.79 Å². The molecule has 1 atom stereocenters. The van der Waals surface area contributed by atoms with E-state index in [0.717, 1.165) is 22.8 Å². The molecule has 2 aromatic rings. The standard InChI is InChI=1S/C15H20N4O3/c1-9-7-16-15(17-9)13-8-21-5-4-19(13)14(20)6-12-10(2)18-22-11(12)3/h7,13H,4-6,8H2,1-3H3,(H,16,17)/t13-/m0/s1. The number of nitrogens with zero attached hydrogens (tertiary/aromatic N) is 3. The first-order valence-electron chi connectivity index (χ1n) is 7.36. The zero-order valence-corrected chi connectivity index (χ0v) is 13.0. The number of aromatic amines is 1. The van der Waals surface area contributed by atoms with Crippen LogP contribution in [0.25, 0.3) is 0 Å². The molecule has 0 radical (unpaired) electrons. The monoisotopic (exact) mass is 304 g/mol. The zero-order chi connectivity index (χ0) is 15.7. The van der Waals surface area contributed by atoms with Crippen LogP contribution in [0.4, 0.5) is 0 Å². The van der Waals surface area contributed by atoms with Gasteiger partial charge in [0.15, 0.2) is 0 Å². The molecule has 1 aliphatic rings. The van der Waals surface area contributed by atoms with Crippen LogP contribution in [0.5, 0.6) is 0 Å². The molecule has 2 aromatic heterocycles. The lowest BCUT2D eigenvalue weighted by molar-refractivity contribution is -0.139.